The van der Waals surface area contributed by atoms with E-state index in [4.69, 9.17) is 5.73 Å². The molecule has 1 saturated carbocycles. The Morgan fingerprint density at radius 2 is 1.11 bits per heavy atom. The molecule has 0 radical (unpaired) electrons. The van der Waals surface area contributed by atoms with E-state index in [0.29, 0.717) is 51.4 Å². The number of hydrogen-bond acceptors (Lipinski definition) is 4. The highest BCUT2D eigenvalue weighted by molar-refractivity contribution is 6.05. The largest absolute Gasteiger partial charge is 0.388 e. The zero-order valence-electron chi connectivity index (χ0n) is 24.7. The van der Waals surface area contributed by atoms with E-state index in [1.54, 1.807) is 0 Å². The lowest BCUT2D eigenvalue weighted by atomic mass is 9.65. The van der Waals surface area contributed by atoms with Gasteiger partial charge in [0.2, 0.25) is 11.8 Å². The predicted octanol–water partition coefficient (Wildman–Crippen LogP) is 5.96. The molecule has 0 aromatic heterocycles. The number of hydrogen-bond donors (Lipinski definition) is 3. The van der Waals surface area contributed by atoms with E-state index in [0.717, 1.165) is 32.1 Å². The number of rotatable bonds is 18. The van der Waals surface area contributed by atoms with Crippen molar-refractivity contribution in [2.24, 2.45) is 23.0 Å². The van der Waals surface area contributed by atoms with Gasteiger partial charge in [0.25, 0.3) is 0 Å². The topological polar surface area (TPSA) is 104 Å². The van der Waals surface area contributed by atoms with Crippen LogP contribution in [0.3, 0.4) is 0 Å². The first-order valence-corrected chi connectivity index (χ1v) is 14.9. The van der Waals surface area contributed by atoms with Crippen LogP contribution in [0.25, 0.3) is 0 Å². The molecular formula is C30H58N2O4. The van der Waals surface area contributed by atoms with E-state index < -0.39 is 34.6 Å². The molecule has 2 unspecified atom stereocenters. The Morgan fingerprint density at radius 3 is 1.31 bits per heavy atom. The van der Waals surface area contributed by atoms with Crippen LogP contribution in [-0.4, -0.2) is 50.2 Å². The lowest BCUT2D eigenvalue weighted by Crippen LogP contribution is -2.68. The van der Waals surface area contributed by atoms with Crippen LogP contribution in [0.15, 0.2) is 0 Å². The highest BCUT2D eigenvalue weighted by Gasteiger charge is 2.57. The van der Waals surface area contributed by atoms with Crippen molar-refractivity contribution in [3.8, 4) is 0 Å². The summed E-state index contributed by atoms with van der Waals surface area (Å²) in [6.07, 6.45) is 8.33. The minimum absolute atomic E-state index is 0.224. The standard InChI is InChI=1S/C30H58N2O4/c1-9-14-29(35,15-10-2)24(20-22(5)6)32(27(34)28(26(31)33)18-13-19-28)25(21-23(7)8)30(36,16-11-3)17-12-4/h22-25,35-36H,9-21H2,1-8H3,(H2,31,33). The molecule has 2 atom stereocenters. The molecule has 1 aliphatic rings. The van der Waals surface area contributed by atoms with Gasteiger partial charge in [-0.05, 0) is 63.2 Å². The van der Waals surface area contributed by atoms with Crippen LogP contribution in [0.1, 0.15) is 139 Å². The van der Waals surface area contributed by atoms with E-state index in [1.165, 1.54) is 0 Å². The second-order valence-corrected chi connectivity index (χ2v) is 12.5. The number of nitrogens with two attached hydrogens (primary N) is 1. The third kappa shape index (κ3) is 7.46. The lowest BCUT2D eigenvalue weighted by Gasteiger charge is -2.55. The summed E-state index contributed by atoms with van der Waals surface area (Å²) in [5, 5.41) is 24.5. The predicted molar refractivity (Wildman–Crippen MR) is 148 cm³/mol. The highest BCUT2D eigenvalue weighted by atomic mass is 16.3. The summed E-state index contributed by atoms with van der Waals surface area (Å²) in [6.45, 7) is 16.7. The summed E-state index contributed by atoms with van der Waals surface area (Å²) in [5.74, 6) is -0.392. The SMILES string of the molecule is CCCC(O)(CCC)C(CC(C)C)N(C(=O)C1(C(N)=O)CCC1)C(CC(C)C)C(O)(CCC)CCC. The van der Waals surface area contributed by atoms with Gasteiger partial charge in [-0.3, -0.25) is 9.59 Å². The van der Waals surface area contributed by atoms with Crippen molar-refractivity contribution in [3.63, 3.8) is 0 Å². The van der Waals surface area contributed by atoms with Crippen molar-refractivity contribution in [1.29, 1.82) is 0 Å². The normalized spacial score (nSPS) is 17.7. The molecule has 0 bridgehead atoms. The molecule has 0 spiro atoms. The summed E-state index contributed by atoms with van der Waals surface area (Å²) in [6, 6.07) is -0.989. The van der Waals surface area contributed by atoms with Crippen LogP contribution in [-0.2, 0) is 9.59 Å². The van der Waals surface area contributed by atoms with Crippen LogP contribution in [0.4, 0.5) is 0 Å². The highest BCUT2D eigenvalue weighted by Crippen LogP contribution is 2.47. The van der Waals surface area contributed by atoms with Crippen LogP contribution in [0.2, 0.25) is 0 Å². The Labute approximate surface area is 221 Å². The molecule has 0 heterocycles. The first kappa shape index (κ1) is 32.9. The van der Waals surface area contributed by atoms with E-state index in [9.17, 15) is 19.8 Å². The number of carbonyl (C=O) groups is 2. The molecule has 1 fully saturated rings. The summed E-state index contributed by atoms with van der Waals surface area (Å²) in [5.41, 5.74) is 2.49. The number of amides is 2. The van der Waals surface area contributed by atoms with Gasteiger partial charge in [-0.2, -0.15) is 0 Å². The first-order chi connectivity index (χ1) is 16.8. The Morgan fingerprint density at radius 1 is 0.778 bits per heavy atom. The molecule has 0 aliphatic heterocycles. The van der Waals surface area contributed by atoms with Crippen molar-refractivity contribution < 1.29 is 19.8 Å². The maximum Gasteiger partial charge on any atom is 0.238 e. The third-order valence-corrected chi connectivity index (χ3v) is 8.36. The zero-order chi connectivity index (χ0) is 27.7. The zero-order valence-corrected chi connectivity index (χ0v) is 24.7. The van der Waals surface area contributed by atoms with Crippen LogP contribution in [0.5, 0.6) is 0 Å². The Hall–Kier alpha value is -1.14. The minimum Gasteiger partial charge on any atom is -0.388 e. The molecule has 6 nitrogen and oxygen atoms in total. The molecule has 0 aromatic carbocycles. The minimum atomic E-state index is -1.23. The van der Waals surface area contributed by atoms with Crippen molar-refractivity contribution in [2.45, 2.75) is 162 Å². The van der Waals surface area contributed by atoms with Gasteiger partial charge < -0.3 is 20.8 Å². The van der Waals surface area contributed by atoms with Crippen molar-refractivity contribution in [1.82, 2.24) is 4.90 Å². The smallest absolute Gasteiger partial charge is 0.238 e. The fourth-order valence-corrected chi connectivity index (χ4v) is 6.57. The van der Waals surface area contributed by atoms with E-state index in [2.05, 4.69) is 55.4 Å². The van der Waals surface area contributed by atoms with E-state index >= 15 is 0 Å². The summed E-state index contributed by atoms with van der Waals surface area (Å²) >= 11 is 0. The first-order valence-electron chi connectivity index (χ1n) is 14.9. The number of primary amides is 1. The second-order valence-electron chi connectivity index (χ2n) is 12.5. The lowest BCUT2D eigenvalue weighted by molar-refractivity contribution is -0.180. The maximum atomic E-state index is 14.6. The maximum absolute atomic E-state index is 14.6. The van der Waals surface area contributed by atoms with E-state index in [1.807, 2.05) is 4.90 Å². The second kappa shape index (κ2) is 14.1. The van der Waals surface area contributed by atoms with Crippen LogP contribution in [0, 0.1) is 17.3 Å². The number of nitrogens with zero attached hydrogens (tertiary/aromatic N) is 1. The molecule has 212 valence electrons. The average molecular weight is 511 g/mol. The molecule has 0 saturated heterocycles. The van der Waals surface area contributed by atoms with Crippen molar-refractivity contribution in [3.05, 3.63) is 0 Å². The molecular weight excluding hydrogens is 452 g/mol. The quantitative estimate of drug-likeness (QED) is 0.198. The van der Waals surface area contributed by atoms with Gasteiger partial charge in [-0.15, -0.1) is 0 Å². The fraction of sp³-hybridized carbons (Fsp3) is 0.933. The summed E-state index contributed by atoms with van der Waals surface area (Å²) < 4.78 is 0. The number of carbonyl (C=O) groups excluding carboxylic acids is 2. The van der Waals surface area contributed by atoms with Gasteiger partial charge in [0.1, 0.15) is 5.41 Å². The van der Waals surface area contributed by atoms with Gasteiger partial charge in [0.15, 0.2) is 0 Å². The summed E-state index contributed by atoms with van der Waals surface area (Å²) in [7, 11) is 0. The van der Waals surface area contributed by atoms with Gasteiger partial charge in [-0.1, -0.05) is 87.5 Å². The van der Waals surface area contributed by atoms with Gasteiger partial charge in [0, 0.05) is 0 Å². The van der Waals surface area contributed by atoms with Gasteiger partial charge in [-0.25, -0.2) is 0 Å². The summed E-state index contributed by atoms with van der Waals surface area (Å²) in [4.78, 5) is 29.3. The van der Waals surface area contributed by atoms with Crippen molar-refractivity contribution in [2.75, 3.05) is 0 Å². The van der Waals surface area contributed by atoms with Gasteiger partial charge >= 0.3 is 0 Å². The van der Waals surface area contributed by atoms with Gasteiger partial charge in [0.05, 0.1) is 23.3 Å². The molecule has 6 heteroatoms. The monoisotopic (exact) mass is 510 g/mol. The Kier molecular flexibility index (Phi) is 12.9. The Balaban J connectivity index is 3.95. The molecule has 2 amide bonds. The van der Waals surface area contributed by atoms with Crippen LogP contribution >= 0.6 is 0 Å². The Bertz CT molecular complexity index is 638. The van der Waals surface area contributed by atoms with Crippen molar-refractivity contribution >= 4 is 11.8 Å². The number of aliphatic hydroxyl groups is 2. The van der Waals surface area contributed by atoms with E-state index in [-0.39, 0.29) is 17.7 Å². The van der Waals surface area contributed by atoms with Crippen LogP contribution < -0.4 is 5.73 Å². The molecule has 1 rings (SSSR count). The molecule has 0 aromatic rings. The molecule has 1 aliphatic carbocycles. The molecule has 4 N–H and O–H groups in total. The fourth-order valence-electron chi connectivity index (χ4n) is 6.57. The average Bonchev–Trinajstić information content (AvgIpc) is 2.71. The molecule has 36 heavy (non-hydrogen) atoms. The third-order valence-electron chi connectivity index (χ3n) is 8.36.